The number of anilines is 1. The third kappa shape index (κ3) is 4.74. The van der Waals surface area contributed by atoms with E-state index in [0.29, 0.717) is 17.4 Å². The van der Waals surface area contributed by atoms with Crippen LogP contribution in [0.15, 0.2) is 18.2 Å². The largest absolute Gasteiger partial charge is 0.463 e. The van der Waals surface area contributed by atoms with Crippen LogP contribution in [0, 0.1) is 0 Å². The smallest absolute Gasteiger partial charge is 0.376 e. The number of nitrogens with two attached hydrogens (primary N) is 1. The Bertz CT molecular complexity index is 830. The van der Waals surface area contributed by atoms with Crippen molar-refractivity contribution in [3.63, 3.8) is 0 Å². The van der Waals surface area contributed by atoms with Gasteiger partial charge in [0.05, 0.1) is 12.6 Å². The van der Waals surface area contributed by atoms with Gasteiger partial charge < -0.3 is 14.2 Å². The molecule has 1 heterocycles. The average Bonchev–Trinajstić information content (AvgIpc) is 2.58. The molecule has 0 aliphatic carbocycles. The van der Waals surface area contributed by atoms with Crippen molar-refractivity contribution in [2.45, 2.75) is 6.92 Å². The first-order valence-corrected chi connectivity index (χ1v) is 8.12. The number of esters is 1. The number of rotatable bonds is 6. The number of amides is 2. The number of aromatic nitrogens is 2. The van der Waals surface area contributed by atoms with Crippen molar-refractivity contribution in [2.24, 2.45) is 5.14 Å². The first-order chi connectivity index (χ1) is 11.9. The highest BCUT2D eigenvalue weighted by Gasteiger charge is 2.16. The van der Waals surface area contributed by atoms with Crippen LogP contribution in [0.1, 0.15) is 17.5 Å². The van der Waals surface area contributed by atoms with E-state index >= 15 is 0 Å². The number of nitrogens with zero attached hydrogens (tertiary/aromatic N) is 2. The van der Waals surface area contributed by atoms with E-state index in [2.05, 4.69) is 30.9 Å². The summed E-state index contributed by atoms with van der Waals surface area (Å²) < 4.78 is 20.5. The summed E-state index contributed by atoms with van der Waals surface area (Å²) in [6.45, 7) is 2.18. The van der Waals surface area contributed by atoms with Gasteiger partial charge in [-0.05, 0) is 25.1 Å². The van der Waals surface area contributed by atoms with Gasteiger partial charge in [-0.2, -0.15) is 4.21 Å². The predicted molar refractivity (Wildman–Crippen MR) is 89.7 cm³/mol. The van der Waals surface area contributed by atoms with Gasteiger partial charge in [0.15, 0.2) is 5.82 Å². The van der Waals surface area contributed by atoms with Crippen LogP contribution in [-0.2, 0) is 16.0 Å². The highest BCUT2D eigenvalue weighted by molar-refractivity contribution is 7.78. The van der Waals surface area contributed by atoms with Crippen LogP contribution in [0.4, 0.5) is 10.6 Å². The van der Waals surface area contributed by atoms with Crippen LogP contribution in [0.5, 0.6) is 5.75 Å². The van der Waals surface area contributed by atoms with Gasteiger partial charge >= 0.3 is 12.0 Å². The van der Waals surface area contributed by atoms with Crippen LogP contribution < -0.4 is 25.5 Å². The molecule has 0 aliphatic heterocycles. The standard InChI is InChI=1S/C13H16N6O5S/c1-3-15-13(21)19-18-10-8-6-7(24-25(14)22)4-5-9(8)16-11(17-10)12(20)23-2/h4-6H,3,14H2,1-2H3,(H2,15,19,21)(H,16,17,18). The zero-order valence-electron chi connectivity index (χ0n) is 13.4. The Balaban J connectivity index is 2.45. The number of carbonyl (C=O) groups excluding carboxylic acids is 2. The number of nitrogens with one attached hydrogen (secondary N) is 3. The van der Waals surface area contributed by atoms with Gasteiger partial charge in [-0.15, -0.1) is 0 Å². The topological polar surface area (TPSA) is 158 Å². The van der Waals surface area contributed by atoms with Crippen molar-refractivity contribution in [3.8, 4) is 5.75 Å². The van der Waals surface area contributed by atoms with E-state index in [4.69, 9.17) is 9.32 Å². The lowest BCUT2D eigenvalue weighted by Crippen LogP contribution is -2.39. The van der Waals surface area contributed by atoms with Crippen molar-refractivity contribution in [1.29, 1.82) is 0 Å². The monoisotopic (exact) mass is 368 g/mol. The molecule has 134 valence electrons. The van der Waals surface area contributed by atoms with Gasteiger partial charge in [0.25, 0.3) is 11.3 Å². The van der Waals surface area contributed by atoms with E-state index < -0.39 is 23.3 Å². The van der Waals surface area contributed by atoms with E-state index in [0.717, 1.165) is 0 Å². The van der Waals surface area contributed by atoms with Crippen molar-refractivity contribution in [2.75, 3.05) is 19.1 Å². The molecule has 0 fully saturated rings. The molecule has 1 atom stereocenters. The second-order valence-electron chi connectivity index (χ2n) is 4.52. The second-order valence-corrected chi connectivity index (χ2v) is 5.21. The minimum atomic E-state index is -2.01. The number of hydrogen-bond acceptors (Lipinski definition) is 8. The first-order valence-electron chi connectivity index (χ1n) is 6.99. The van der Waals surface area contributed by atoms with Crippen LogP contribution in [0.2, 0.25) is 0 Å². The van der Waals surface area contributed by atoms with Crippen molar-refractivity contribution in [3.05, 3.63) is 24.0 Å². The molecule has 1 aromatic heterocycles. The average molecular weight is 368 g/mol. The Morgan fingerprint density at radius 1 is 1.32 bits per heavy atom. The lowest BCUT2D eigenvalue weighted by Gasteiger charge is -2.12. The molecule has 0 saturated heterocycles. The molecular formula is C13H16N6O5S. The molecule has 2 amide bonds. The summed E-state index contributed by atoms with van der Waals surface area (Å²) >= 11 is -2.01. The SMILES string of the molecule is CCNC(=O)NNc1nc(C(=O)OC)nc2ccc(OS(N)=O)cc12. The van der Waals surface area contributed by atoms with Gasteiger partial charge in [0, 0.05) is 11.9 Å². The molecule has 0 bridgehead atoms. The van der Waals surface area contributed by atoms with E-state index in [1.54, 1.807) is 6.92 Å². The van der Waals surface area contributed by atoms with Crippen LogP contribution in [0.3, 0.4) is 0 Å². The molecule has 12 heteroatoms. The molecular weight excluding hydrogens is 352 g/mol. The molecule has 0 radical (unpaired) electrons. The highest BCUT2D eigenvalue weighted by Crippen LogP contribution is 2.25. The van der Waals surface area contributed by atoms with Crippen molar-refractivity contribution < 1.29 is 22.7 Å². The zero-order chi connectivity index (χ0) is 18.4. The molecule has 1 aromatic carbocycles. The second kappa shape index (κ2) is 8.21. The number of fused-ring (bicyclic) bond motifs is 1. The Kier molecular flexibility index (Phi) is 6.03. The lowest BCUT2D eigenvalue weighted by molar-refractivity contribution is 0.0587. The van der Waals surface area contributed by atoms with Gasteiger partial charge in [0.1, 0.15) is 5.75 Å². The lowest BCUT2D eigenvalue weighted by atomic mass is 10.2. The maximum atomic E-state index is 11.7. The number of urea groups is 1. The van der Waals surface area contributed by atoms with Crippen molar-refractivity contribution >= 4 is 40.0 Å². The normalized spacial score (nSPS) is 11.5. The molecule has 1 unspecified atom stereocenters. The Morgan fingerprint density at radius 3 is 2.72 bits per heavy atom. The Labute approximate surface area is 145 Å². The summed E-state index contributed by atoms with van der Waals surface area (Å²) in [6, 6.07) is 3.96. The molecule has 0 aliphatic rings. The summed E-state index contributed by atoms with van der Waals surface area (Å²) in [4.78, 5) is 31.3. The Morgan fingerprint density at radius 2 is 2.08 bits per heavy atom. The minimum Gasteiger partial charge on any atom is -0.463 e. The molecule has 11 nitrogen and oxygen atoms in total. The Hall–Kier alpha value is -2.99. The fraction of sp³-hybridized carbons (Fsp3) is 0.231. The van der Waals surface area contributed by atoms with Crippen LogP contribution >= 0.6 is 0 Å². The predicted octanol–water partition coefficient (Wildman–Crippen LogP) is -0.0214. The number of hydrogen-bond donors (Lipinski definition) is 4. The fourth-order valence-corrected chi connectivity index (χ4v) is 2.15. The van der Waals surface area contributed by atoms with Gasteiger partial charge in [-0.3, -0.25) is 10.9 Å². The number of ether oxygens (including phenoxy) is 1. The minimum absolute atomic E-state index is 0.116. The molecule has 5 N–H and O–H groups in total. The van der Waals surface area contributed by atoms with E-state index in [1.165, 1.54) is 25.3 Å². The van der Waals surface area contributed by atoms with Gasteiger partial charge in [0.2, 0.25) is 5.82 Å². The number of hydrazine groups is 1. The fourth-order valence-electron chi connectivity index (χ4n) is 1.85. The van der Waals surface area contributed by atoms with E-state index in [9.17, 15) is 13.8 Å². The first kappa shape index (κ1) is 18.4. The number of benzene rings is 1. The van der Waals surface area contributed by atoms with Crippen molar-refractivity contribution in [1.82, 2.24) is 20.7 Å². The number of carbonyl (C=O) groups is 2. The molecule has 0 saturated carbocycles. The number of methoxy groups -OCH3 is 1. The van der Waals surface area contributed by atoms with Gasteiger partial charge in [-0.25, -0.2) is 24.7 Å². The summed E-state index contributed by atoms with van der Waals surface area (Å²) in [5.41, 5.74) is 5.32. The van der Waals surface area contributed by atoms with Crippen LogP contribution in [0.25, 0.3) is 10.9 Å². The molecule has 25 heavy (non-hydrogen) atoms. The summed E-state index contributed by atoms with van der Waals surface area (Å²) in [5.74, 6) is -0.633. The third-order valence-electron chi connectivity index (χ3n) is 2.85. The molecule has 2 rings (SSSR count). The maximum absolute atomic E-state index is 11.7. The quantitative estimate of drug-likeness (QED) is 0.409. The van der Waals surface area contributed by atoms with E-state index in [-0.39, 0.29) is 17.4 Å². The summed E-state index contributed by atoms with van der Waals surface area (Å²) in [7, 11) is 1.20. The third-order valence-corrected chi connectivity index (χ3v) is 3.20. The summed E-state index contributed by atoms with van der Waals surface area (Å²) in [5, 5.41) is 8.01. The van der Waals surface area contributed by atoms with Gasteiger partial charge in [-0.1, -0.05) is 0 Å². The van der Waals surface area contributed by atoms with Crippen LogP contribution in [-0.4, -0.2) is 39.8 Å². The van der Waals surface area contributed by atoms with E-state index in [1.807, 2.05) is 0 Å². The highest BCUT2D eigenvalue weighted by atomic mass is 32.2. The molecule has 0 spiro atoms. The zero-order valence-corrected chi connectivity index (χ0v) is 14.2. The molecule has 2 aromatic rings. The maximum Gasteiger partial charge on any atom is 0.376 e. The summed E-state index contributed by atoms with van der Waals surface area (Å²) in [6.07, 6.45) is 0.